The van der Waals surface area contributed by atoms with E-state index in [0.717, 1.165) is 5.56 Å². The van der Waals surface area contributed by atoms with Crippen molar-refractivity contribution in [3.63, 3.8) is 0 Å². The van der Waals surface area contributed by atoms with E-state index in [9.17, 15) is 14.0 Å². The summed E-state index contributed by atoms with van der Waals surface area (Å²) in [5, 5.41) is 5.38. The Labute approximate surface area is 139 Å². The van der Waals surface area contributed by atoms with E-state index in [4.69, 9.17) is 4.74 Å². The SMILES string of the molecule is CCNC(=O)COc1cccc(NC(=O)Cc2ccc(F)cc2)c1. The molecule has 0 heterocycles. The van der Waals surface area contributed by atoms with Crippen LogP contribution in [0.4, 0.5) is 10.1 Å². The molecule has 0 saturated heterocycles. The molecule has 0 radical (unpaired) electrons. The van der Waals surface area contributed by atoms with Crippen molar-refractivity contribution in [2.45, 2.75) is 13.3 Å². The maximum Gasteiger partial charge on any atom is 0.257 e. The van der Waals surface area contributed by atoms with Crippen LogP contribution in [0.15, 0.2) is 48.5 Å². The van der Waals surface area contributed by atoms with Crippen LogP contribution in [0.2, 0.25) is 0 Å². The third-order valence-electron chi connectivity index (χ3n) is 3.14. The first-order valence-corrected chi connectivity index (χ1v) is 7.60. The molecule has 0 aliphatic heterocycles. The van der Waals surface area contributed by atoms with Gasteiger partial charge in [0, 0.05) is 18.3 Å². The van der Waals surface area contributed by atoms with Gasteiger partial charge in [-0.25, -0.2) is 4.39 Å². The van der Waals surface area contributed by atoms with Crippen LogP contribution in [-0.2, 0) is 16.0 Å². The number of amides is 2. The Bertz CT molecular complexity index is 702. The zero-order valence-corrected chi connectivity index (χ0v) is 13.3. The van der Waals surface area contributed by atoms with E-state index in [1.54, 1.807) is 36.4 Å². The highest BCUT2D eigenvalue weighted by molar-refractivity contribution is 5.92. The van der Waals surface area contributed by atoms with Crippen molar-refractivity contribution in [3.05, 3.63) is 59.9 Å². The van der Waals surface area contributed by atoms with Crippen molar-refractivity contribution in [3.8, 4) is 5.75 Å². The van der Waals surface area contributed by atoms with Gasteiger partial charge in [0.1, 0.15) is 11.6 Å². The summed E-state index contributed by atoms with van der Waals surface area (Å²) in [6.07, 6.45) is 0.143. The standard InChI is InChI=1S/C18H19FN2O3/c1-2-20-18(23)12-24-16-5-3-4-15(11-16)21-17(22)10-13-6-8-14(19)9-7-13/h3-9,11H,2,10,12H2,1H3,(H,20,23)(H,21,22). The van der Waals surface area contributed by atoms with Crippen molar-refractivity contribution in [2.24, 2.45) is 0 Å². The lowest BCUT2D eigenvalue weighted by molar-refractivity contribution is -0.123. The molecule has 2 rings (SSSR count). The van der Waals surface area contributed by atoms with Gasteiger partial charge in [-0.3, -0.25) is 9.59 Å². The molecule has 2 aromatic rings. The molecule has 6 heteroatoms. The van der Waals surface area contributed by atoms with Crippen LogP contribution < -0.4 is 15.4 Å². The highest BCUT2D eigenvalue weighted by Gasteiger charge is 2.06. The van der Waals surface area contributed by atoms with Gasteiger partial charge in [-0.05, 0) is 36.8 Å². The van der Waals surface area contributed by atoms with Gasteiger partial charge in [-0.15, -0.1) is 0 Å². The number of nitrogens with one attached hydrogen (secondary N) is 2. The average molecular weight is 330 g/mol. The molecule has 5 nitrogen and oxygen atoms in total. The molecule has 0 fully saturated rings. The summed E-state index contributed by atoms with van der Waals surface area (Å²) < 4.78 is 18.2. The van der Waals surface area contributed by atoms with Gasteiger partial charge in [0.25, 0.3) is 5.91 Å². The predicted molar refractivity (Wildman–Crippen MR) is 89.4 cm³/mol. The number of halogens is 1. The summed E-state index contributed by atoms with van der Waals surface area (Å²) in [5.74, 6) is -0.275. The second-order valence-corrected chi connectivity index (χ2v) is 5.12. The van der Waals surface area contributed by atoms with Gasteiger partial charge in [-0.2, -0.15) is 0 Å². The molecule has 0 aliphatic rings. The van der Waals surface area contributed by atoms with Crippen LogP contribution in [0.3, 0.4) is 0 Å². The van der Waals surface area contributed by atoms with E-state index >= 15 is 0 Å². The largest absolute Gasteiger partial charge is 0.484 e. The minimum atomic E-state index is -0.337. The summed E-state index contributed by atoms with van der Waals surface area (Å²) in [7, 11) is 0. The summed E-state index contributed by atoms with van der Waals surface area (Å²) in [4.78, 5) is 23.4. The zero-order valence-electron chi connectivity index (χ0n) is 13.3. The van der Waals surface area contributed by atoms with Crippen LogP contribution in [0.1, 0.15) is 12.5 Å². The number of anilines is 1. The third kappa shape index (κ3) is 5.72. The minimum Gasteiger partial charge on any atom is -0.484 e. The number of carbonyl (C=O) groups excluding carboxylic acids is 2. The predicted octanol–water partition coefficient (Wildman–Crippen LogP) is 2.52. The maximum atomic E-state index is 12.9. The van der Waals surface area contributed by atoms with Crippen LogP contribution in [0, 0.1) is 5.82 Å². The third-order valence-corrected chi connectivity index (χ3v) is 3.14. The summed E-state index contributed by atoms with van der Waals surface area (Å²) in [6, 6.07) is 12.6. The fraction of sp³-hybridized carbons (Fsp3) is 0.222. The topological polar surface area (TPSA) is 67.4 Å². The Balaban J connectivity index is 1.89. The Hall–Kier alpha value is -2.89. The van der Waals surface area contributed by atoms with Gasteiger partial charge in [0.15, 0.2) is 6.61 Å². The lowest BCUT2D eigenvalue weighted by atomic mass is 10.1. The van der Waals surface area contributed by atoms with E-state index < -0.39 is 0 Å². The van der Waals surface area contributed by atoms with Crippen molar-refractivity contribution < 1.29 is 18.7 Å². The number of benzene rings is 2. The lowest BCUT2D eigenvalue weighted by Crippen LogP contribution is -2.28. The number of carbonyl (C=O) groups is 2. The Morgan fingerprint density at radius 1 is 1.08 bits per heavy atom. The van der Waals surface area contributed by atoms with Crippen LogP contribution in [-0.4, -0.2) is 25.0 Å². The van der Waals surface area contributed by atoms with Gasteiger partial charge >= 0.3 is 0 Å². The number of likely N-dealkylation sites (N-methyl/N-ethyl adjacent to an activating group) is 1. The first kappa shape index (κ1) is 17.5. The molecule has 2 amide bonds. The first-order chi connectivity index (χ1) is 11.6. The highest BCUT2D eigenvalue weighted by atomic mass is 19.1. The molecule has 0 unspecified atom stereocenters. The van der Waals surface area contributed by atoms with Crippen molar-refractivity contribution >= 4 is 17.5 Å². The van der Waals surface area contributed by atoms with E-state index in [0.29, 0.717) is 18.0 Å². The van der Waals surface area contributed by atoms with Crippen molar-refractivity contribution in [1.29, 1.82) is 0 Å². The maximum absolute atomic E-state index is 12.9. The van der Waals surface area contributed by atoms with E-state index in [1.807, 2.05) is 6.92 Å². The number of ether oxygens (including phenoxy) is 1. The van der Waals surface area contributed by atoms with E-state index in [2.05, 4.69) is 10.6 Å². The van der Waals surface area contributed by atoms with Crippen LogP contribution in [0.5, 0.6) is 5.75 Å². The van der Waals surface area contributed by atoms with Crippen LogP contribution in [0.25, 0.3) is 0 Å². The molecule has 0 aliphatic carbocycles. The quantitative estimate of drug-likeness (QED) is 0.820. The molecule has 24 heavy (non-hydrogen) atoms. The lowest BCUT2D eigenvalue weighted by Gasteiger charge is -2.09. The molecular formula is C18H19FN2O3. The number of hydrogen-bond acceptors (Lipinski definition) is 3. The van der Waals surface area contributed by atoms with Crippen LogP contribution >= 0.6 is 0 Å². The van der Waals surface area contributed by atoms with Gasteiger partial charge in [0.2, 0.25) is 5.91 Å². The molecule has 126 valence electrons. The molecular weight excluding hydrogens is 311 g/mol. The summed E-state index contributed by atoms with van der Waals surface area (Å²) >= 11 is 0. The highest BCUT2D eigenvalue weighted by Crippen LogP contribution is 2.17. The summed E-state index contributed by atoms with van der Waals surface area (Å²) in [6.45, 7) is 2.29. The molecule has 0 aromatic heterocycles. The van der Waals surface area contributed by atoms with E-state index in [-0.39, 0.29) is 30.7 Å². The van der Waals surface area contributed by atoms with Gasteiger partial charge < -0.3 is 15.4 Å². The fourth-order valence-corrected chi connectivity index (χ4v) is 2.05. The molecule has 0 atom stereocenters. The molecule has 2 N–H and O–H groups in total. The van der Waals surface area contributed by atoms with Crippen molar-refractivity contribution in [1.82, 2.24) is 5.32 Å². The van der Waals surface area contributed by atoms with E-state index in [1.165, 1.54) is 12.1 Å². The van der Waals surface area contributed by atoms with Gasteiger partial charge in [-0.1, -0.05) is 18.2 Å². The van der Waals surface area contributed by atoms with Crippen molar-refractivity contribution in [2.75, 3.05) is 18.5 Å². The monoisotopic (exact) mass is 330 g/mol. The molecule has 0 spiro atoms. The minimum absolute atomic E-state index is 0.0825. The fourth-order valence-electron chi connectivity index (χ4n) is 2.05. The number of hydrogen-bond donors (Lipinski definition) is 2. The number of rotatable bonds is 7. The van der Waals surface area contributed by atoms with Gasteiger partial charge in [0.05, 0.1) is 6.42 Å². The average Bonchev–Trinajstić information content (AvgIpc) is 2.56. The molecule has 2 aromatic carbocycles. The Morgan fingerprint density at radius 2 is 1.83 bits per heavy atom. The normalized spacial score (nSPS) is 10.1. The summed E-state index contributed by atoms with van der Waals surface area (Å²) in [5.41, 5.74) is 1.29. The second kappa shape index (κ2) is 8.67. The zero-order chi connectivity index (χ0) is 17.4. The molecule has 0 bridgehead atoms. The molecule has 0 saturated carbocycles. The Kier molecular flexibility index (Phi) is 6.31. The second-order valence-electron chi connectivity index (χ2n) is 5.12. The Morgan fingerprint density at radius 3 is 2.54 bits per heavy atom. The smallest absolute Gasteiger partial charge is 0.257 e. The first-order valence-electron chi connectivity index (χ1n) is 7.60.